The number of anilines is 2. The first-order chi connectivity index (χ1) is 17.1. The fraction of sp³-hybridized carbons (Fsp3) is 0.107. The molecule has 4 aromatic rings. The van der Waals surface area contributed by atoms with Crippen molar-refractivity contribution in [3.8, 4) is 0 Å². The molecule has 7 heteroatoms. The predicted octanol–water partition coefficient (Wildman–Crippen LogP) is 3.25. The van der Waals surface area contributed by atoms with Crippen molar-refractivity contribution in [2.75, 3.05) is 9.96 Å². The minimum absolute atomic E-state index is 0.0495. The number of rotatable bonds is 4. The maximum absolute atomic E-state index is 13.9. The summed E-state index contributed by atoms with van der Waals surface area (Å²) < 4.78 is 0. The minimum Gasteiger partial charge on any atom is -0.545 e. The van der Waals surface area contributed by atoms with Gasteiger partial charge in [0.1, 0.15) is 5.92 Å². The second kappa shape index (κ2) is 8.07. The third-order valence-corrected chi connectivity index (χ3v) is 6.63. The average molecular weight is 463 g/mol. The average Bonchev–Trinajstić information content (AvgIpc) is 3.40. The lowest BCUT2D eigenvalue weighted by atomic mass is 9.88. The number of carboxylic acids is 1. The molecule has 2 fully saturated rings. The van der Waals surface area contributed by atoms with Gasteiger partial charge in [-0.3, -0.25) is 14.4 Å². The first kappa shape index (κ1) is 21.1. The SMILES string of the molecule is O=C([O-])c1ccccc1[C@@H]1[C@@H]2C(=O)N(c3cccc4ccccc34)C(=O)[C@@H]2ON1c1ccccc1. The van der Waals surface area contributed by atoms with E-state index in [4.69, 9.17) is 4.84 Å². The lowest BCUT2D eigenvalue weighted by molar-refractivity contribution is -0.255. The van der Waals surface area contributed by atoms with Crippen LogP contribution in [0.25, 0.3) is 10.8 Å². The van der Waals surface area contributed by atoms with Gasteiger partial charge < -0.3 is 9.90 Å². The lowest BCUT2D eigenvalue weighted by Crippen LogP contribution is -2.38. The van der Waals surface area contributed by atoms with Crippen LogP contribution in [0.5, 0.6) is 0 Å². The molecular formula is C28H19N2O5-. The number of carboxylic acid groups (broad SMARTS) is 1. The van der Waals surface area contributed by atoms with Gasteiger partial charge in [-0.2, -0.15) is 0 Å². The quantitative estimate of drug-likeness (QED) is 0.432. The molecule has 35 heavy (non-hydrogen) atoms. The molecule has 2 aliphatic rings. The van der Waals surface area contributed by atoms with Crippen molar-refractivity contribution in [3.05, 3.63) is 108 Å². The zero-order chi connectivity index (χ0) is 24.1. The topological polar surface area (TPSA) is 90.0 Å². The summed E-state index contributed by atoms with van der Waals surface area (Å²) in [7, 11) is 0. The van der Waals surface area contributed by atoms with Crippen LogP contribution in [0.15, 0.2) is 97.1 Å². The van der Waals surface area contributed by atoms with E-state index in [-0.39, 0.29) is 5.56 Å². The molecule has 3 atom stereocenters. The van der Waals surface area contributed by atoms with E-state index in [1.807, 2.05) is 36.4 Å². The van der Waals surface area contributed by atoms with Crippen molar-refractivity contribution < 1.29 is 24.3 Å². The number of fused-ring (bicyclic) bond motifs is 2. The van der Waals surface area contributed by atoms with Gasteiger partial charge in [-0.05, 0) is 29.1 Å². The molecule has 0 aliphatic carbocycles. The Labute approximate surface area is 200 Å². The number of hydroxylamine groups is 1. The van der Waals surface area contributed by atoms with E-state index in [1.54, 1.807) is 54.6 Å². The molecule has 0 unspecified atom stereocenters. The first-order valence-electron chi connectivity index (χ1n) is 11.2. The van der Waals surface area contributed by atoms with Crippen LogP contribution in [0.1, 0.15) is 22.0 Å². The second-order valence-electron chi connectivity index (χ2n) is 8.54. The van der Waals surface area contributed by atoms with Crippen LogP contribution in [0.3, 0.4) is 0 Å². The molecule has 0 spiro atoms. The minimum atomic E-state index is -1.36. The van der Waals surface area contributed by atoms with Crippen molar-refractivity contribution in [3.63, 3.8) is 0 Å². The van der Waals surface area contributed by atoms with Crippen LogP contribution in [0.2, 0.25) is 0 Å². The molecule has 0 aromatic heterocycles. The van der Waals surface area contributed by atoms with Gasteiger partial charge in [0.2, 0.25) is 5.91 Å². The maximum Gasteiger partial charge on any atom is 0.266 e. The summed E-state index contributed by atoms with van der Waals surface area (Å²) in [4.78, 5) is 46.8. The number of imide groups is 1. The summed E-state index contributed by atoms with van der Waals surface area (Å²) in [6, 6.07) is 27.5. The molecule has 0 radical (unpaired) electrons. The molecule has 0 bridgehead atoms. The number of nitrogens with zero attached hydrogens (tertiary/aromatic N) is 2. The lowest BCUT2D eigenvalue weighted by Gasteiger charge is -2.30. The van der Waals surface area contributed by atoms with E-state index in [2.05, 4.69) is 0 Å². The molecule has 0 N–H and O–H groups in total. The monoisotopic (exact) mass is 463 g/mol. The zero-order valence-corrected chi connectivity index (χ0v) is 18.4. The Morgan fingerprint density at radius 1 is 0.771 bits per heavy atom. The highest BCUT2D eigenvalue weighted by atomic mass is 16.7. The number of para-hydroxylation sites is 1. The van der Waals surface area contributed by atoms with Gasteiger partial charge in [-0.1, -0.05) is 78.9 Å². The van der Waals surface area contributed by atoms with E-state index >= 15 is 0 Å². The van der Waals surface area contributed by atoms with E-state index in [9.17, 15) is 19.5 Å². The molecule has 2 saturated heterocycles. The van der Waals surface area contributed by atoms with E-state index in [1.165, 1.54) is 16.0 Å². The Morgan fingerprint density at radius 2 is 1.46 bits per heavy atom. The van der Waals surface area contributed by atoms with Gasteiger partial charge in [0.15, 0.2) is 6.10 Å². The molecular weight excluding hydrogens is 444 g/mol. The van der Waals surface area contributed by atoms with E-state index in [0.29, 0.717) is 16.9 Å². The number of hydrogen-bond acceptors (Lipinski definition) is 6. The van der Waals surface area contributed by atoms with E-state index in [0.717, 1.165) is 10.8 Å². The summed E-state index contributed by atoms with van der Waals surface area (Å²) in [6.07, 6.45) is -1.10. The normalized spacial score (nSPS) is 21.5. The Bertz CT molecular complexity index is 1480. The van der Waals surface area contributed by atoms with Gasteiger partial charge >= 0.3 is 0 Å². The van der Waals surface area contributed by atoms with Crippen molar-refractivity contribution in [1.29, 1.82) is 0 Å². The van der Waals surface area contributed by atoms with Gasteiger partial charge in [0.05, 0.1) is 23.4 Å². The van der Waals surface area contributed by atoms with Crippen LogP contribution < -0.4 is 15.1 Å². The summed E-state index contributed by atoms with van der Waals surface area (Å²) >= 11 is 0. The molecule has 2 aliphatic heterocycles. The Kier molecular flexibility index (Phi) is 4.86. The van der Waals surface area contributed by atoms with Crippen LogP contribution >= 0.6 is 0 Å². The maximum atomic E-state index is 13.9. The number of amides is 2. The van der Waals surface area contributed by atoms with E-state index < -0.39 is 35.8 Å². The van der Waals surface area contributed by atoms with Crippen molar-refractivity contribution in [1.82, 2.24) is 0 Å². The molecule has 0 saturated carbocycles. The van der Waals surface area contributed by atoms with Gasteiger partial charge in [0.25, 0.3) is 5.91 Å². The van der Waals surface area contributed by atoms with Gasteiger partial charge in [-0.25, -0.2) is 9.96 Å². The standard InChI is InChI=1S/C28H20N2O5/c31-26-23-24(20-14-6-7-15-21(20)28(33)34)30(18-11-2-1-3-12-18)35-25(23)27(32)29(26)22-16-8-10-17-9-4-5-13-19(17)22/h1-16,23-25H,(H,33,34)/p-1/t23-,24+,25+/m0/s1. The van der Waals surface area contributed by atoms with Crippen molar-refractivity contribution in [2.24, 2.45) is 5.92 Å². The zero-order valence-electron chi connectivity index (χ0n) is 18.4. The fourth-order valence-corrected chi connectivity index (χ4v) is 5.11. The number of hydrogen-bond donors (Lipinski definition) is 0. The first-order valence-corrected chi connectivity index (χ1v) is 11.2. The third kappa shape index (κ3) is 3.20. The molecule has 2 heterocycles. The number of carbonyl (C=O) groups is 3. The van der Waals surface area contributed by atoms with Crippen LogP contribution in [-0.2, 0) is 14.4 Å². The molecule has 7 nitrogen and oxygen atoms in total. The number of carbonyl (C=O) groups excluding carboxylic acids is 3. The Hall–Kier alpha value is -4.49. The summed E-state index contributed by atoms with van der Waals surface area (Å²) in [5, 5.41) is 15.1. The summed E-state index contributed by atoms with van der Waals surface area (Å²) in [6.45, 7) is 0. The van der Waals surface area contributed by atoms with Crippen LogP contribution in [-0.4, -0.2) is 23.9 Å². The van der Waals surface area contributed by atoms with Crippen molar-refractivity contribution in [2.45, 2.75) is 12.1 Å². The molecule has 172 valence electrons. The Balaban J connectivity index is 1.50. The summed E-state index contributed by atoms with van der Waals surface area (Å²) in [5.41, 5.74) is 1.39. The van der Waals surface area contributed by atoms with Crippen molar-refractivity contribution >= 4 is 39.9 Å². The van der Waals surface area contributed by atoms with Crippen LogP contribution in [0, 0.1) is 5.92 Å². The summed E-state index contributed by atoms with van der Waals surface area (Å²) in [5.74, 6) is -3.22. The highest BCUT2D eigenvalue weighted by Gasteiger charge is 2.60. The fourth-order valence-electron chi connectivity index (χ4n) is 5.11. The predicted molar refractivity (Wildman–Crippen MR) is 127 cm³/mol. The largest absolute Gasteiger partial charge is 0.545 e. The van der Waals surface area contributed by atoms with Crippen LogP contribution in [0.4, 0.5) is 11.4 Å². The molecule has 2 amide bonds. The number of aromatic carboxylic acids is 1. The Morgan fingerprint density at radius 3 is 2.26 bits per heavy atom. The highest BCUT2D eigenvalue weighted by molar-refractivity contribution is 6.26. The second-order valence-corrected chi connectivity index (χ2v) is 8.54. The van der Waals surface area contributed by atoms with Gasteiger partial charge in [-0.15, -0.1) is 0 Å². The third-order valence-electron chi connectivity index (χ3n) is 6.63. The number of benzene rings is 4. The molecule has 4 aromatic carbocycles. The smallest absolute Gasteiger partial charge is 0.266 e. The molecule has 6 rings (SSSR count). The van der Waals surface area contributed by atoms with Gasteiger partial charge in [0, 0.05) is 10.9 Å². The highest BCUT2D eigenvalue weighted by Crippen LogP contribution is 2.48.